The topological polar surface area (TPSA) is 24.8 Å². The Labute approximate surface area is 93.5 Å². The first-order chi connectivity index (χ1) is 7.25. The summed E-state index contributed by atoms with van der Waals surface area (Å²) in [5, 5.41) is 4.01. The number of rotatable bonds is 1. The van der Waals surface area contributed by atoms with Gasteiger partial charge in [0.05, 0.1) is 5.71 Å². The van der Waals surface area contributed by atoms with Gasteiger partial charge in [0, 0.05) is 12.3 Å². The highest BCUT2D eigenvalue weighted by Crippen LogP contribution is 2.27. The third kappa shape index (κ3) is 3.49. The minimum absolute atomic E-state index is 0.383. The van der Waals surface area contributed by atoms with E-state index in [-0.39, 0.29) is 0 Å². The van der Waals surface area contributed by atoms with E-state index in [1.165, 1.54) is 25.9 Å². The summed E-state index contributed by atoms with van der Waals surface area (Å²) < 4.78 is 0. The average molecular weight is 212 g/mol. The minimum Gasteiger partial charge on any atom is -0.392 e. The van der Waals surface area contributed by atoms with Gasteiger partial charge < -0.3 is 9.74 Å². The van der Waals surface area contributed by atoms with E-state index in [9.17, 15) is 0 Å². The zero-order chi connectivity index (χ0) is 11.3. The van der Waals surface area contributed by atoms with Crippen LogP contribution in [0.1, 0.15) is 40.0 Å². The number of likely N-dealkylation sites (tertiary alicyclic amines) is 1. The molecule has 1 unspecified atom stereocenters. The third-order valence-corrected chi connectivity index (χ3v) is 3.13. The van der Waals surface area contributed by atoms with E-state index in [2.05, 4.69) is 24.0 Å². The lowest BCUT2D eigenvalue weighted by molar-refractivity contribution is 0.0172. The molecule has 3 nitrogen and oxygen atoms in total. The molecule has 0 spiro atoms. The average Bonchev–Trinajstić information content (AvgIpc) is 2.69. The first-order valence-corrected chi connectivity index (χ1v) is 6.13. The van der Waals surface area contributed by atoms with Crippen molar-refractivity contribution in [1.29, 1.82) is 0 Å². The highest BCUT2D eigenvalue weighted by molar-refractivity contribution is 5.82. The van der Waals surface area contributed by atoms with Crippen LogP contribution in [0.15, 0.2) is 5.16 Å². The maximum absolute atomic E-state index is 5.41. The van der Waals surface area contributed by atoms with Crippen LogP contribution in [0.5, 0.6) is 0 Å². The normalized spacial score (nSPS) is 27.7. The molecule has 0 aromatic rings. The number of hydrogen-bond donors (Lipinski definition) is 0. The Balaban J connectivity index is 0.000000531. The minimum atomic E-state index is 0.383. The molecule has 0 aromatic carbocycles. The summed E-state index contributed by atoms with van der Waals surface area (Å²) in [5.41, 5.74) is 1.16. The van der Waals surface area contributed by atoms with Crippen LogP contribution in [0.25, 0.3) is 0 Å². The van der Waals surface area contributed by atoms with Gasteiger partial charge in [-0.05, 0) is 39.9 Å². The molecule has 0 N–H and O–H groups in total. The molecule has 2 heterocycles. The fraction of sp³-hybridized carbons (Fsp3) is 0.917. The Hall–Kier alpha value is -0.570. The zero-order valence-electron chi connectivity index (χ0n) is 10.5. The van der Waals surface area contributed by atoms with Crippen molar-refractivity contribution in [3.63, 3.8) is 0 Å². The fourth-order valence-electron chi connectivity index (χ4n) is 2.18. The van der Waals surface area contributed by atoms with Crippen molar-refractivity contribution in [3.05, 3.63) is 0 Å². The molecule has 3 heteroatoms. The van der Waals surface area contributed by atoms with Gasteiger partial charge in [0.1, 0.15) is 6.10 Å². The molecule has 15 heavy (non-hydrogen) atoms. The smallest absolute Gasteiger partial charge is 0.135 e. The van der Waals surface area contributed by atoms with Crippen molar-refractivity contribution in [1.82, 2.24) is 4.90 Å². The molecule has 1 atom stereocenters. The standard InChI is InChI=1S/C10H18N2O.C2H6/c1-8-7-10(13-11-8)9-3-5-12(2)6-4-9;1-2/h9-10H,3-7H2,1-2H3;1-2H3. The second-order valence-electron chi connectivity index (χ2n) is 4.32. The fourth-order valence-corrected chi connectivity index (χ4v) is 2.18. The first-order valence-electron chi connectivity index (χ1n) is 6.13. The van der Waals surface area contributed by atoms with E-state index in [0.717, 1.165) is 18.1 Å². The van der Waals surface area contributed by atoms with Crippen LogP contribution < -0.4 is 0 Å². The summed E-state index contributed by atoms with van der Waals surface area (Å²) >= 11 is 0. The van der Waals surface area contributed by atoms with E-state index in [1.54, 1.807) is 0 Å². The van der Waals surface area contributed by atoms with Crippen molar-refractivity contribution in [3.8, 4) is 0 Å². The highest BCUT2D eigenvalue weighted by atomic mass is 16.6. The van der Waals surface area contributed by atoms with Gasteiger partial charge in [-0.1, -0.05) is 19.0 Å². The molecule has 1 saturated heterocycles. The van der Waals surface area contributed by atoms with Crippen LogP contribution in [-0.4, -0.2) is 36.9 Å². The third-order valence-electron chi connectivity index (χ3n) is 3.13. The summed E-state index contributed by atoms with van der Waals surface area (Å²) in [5.74, 6) is 0.734. The van der Waals surface area contributed by atoms with Gasteiger partial charge in [-0.15, -0.1) is 0 Å². The summed E-state index contributed by atoms with van der Waals surface area (Å²) in [7, 11) is 2.19. The Morgan fingerprint density at radius 1 is 1.27 bits per heavy atom. The van der Waals surface area contributed by atoms with Crippen LogP contribution in [-0.2, 0) is 4.84 Å². The second-order valence-corrected chi connectivity index (χ2v) is 4.32. The lowest BCUT2D eigenvalue weighted by Crippen LogP contribution is -2.35. The summed E-state index contributed by atoms with van der Waals surface area (Å²) in [6, 6.07) is 0. The maximum atomic E-state index is 5.41. The summed E-state index contributed by atoms with van der Waals surface area (Å²) in [4.78, 5) is 7.80. The summed E-state index contributed by atoms with van der Waals surface area (Å²) in [6.45, 7) is 8.47. The van der Waals surface area contributed by atoms with Crippen LogP contribution in [0.2, 0.25) is 0 Å². The molecule has 0 radical (unpaired) electrons. The predicted octanol–water partition coefficient (Wildman–Crippen LogP) is 2.52. The van der Waals surface area contributed by atoms with Crippen molar-refractivity contribution >= 4 is 5.71 Å². The van der Waals surface area contributed by atoms with Crippen LogP contribution in [0.4, 0.5) is 0 Å². The molecule has 88 valence electrons. The Kier molecular flexibility index (Phi) is 5.09. The van der Waals surface area contributed by atoms with E-state index < -0.39 is 0 Å². The molecule has 0 aromatic heterocycles. The molecule has 1 fully saturated rings. The largest absolute Gasteiger partial charge is 0.392 e. The monoisotopic (exact) mass is 212 g/mol. The maximum Gasteiger partial charge on any atom is 0.135 e. The van der Waals surface area contributed by atoms with E-state index in [4.69, 9.17) is 4.84 Å². The van der Waals surface area contributed by atoms with Crippen LogP contribution in [0.3, 0.4) is 0 Å². The Morgan fingerprint density at radius 3 is 2.33 bits per heavy atom. The van der Waals surface area contributed by atoms with E-state index in [0.29, 0.717) is 6.10 Å². The number of nitrogens with zero attached hydrogens (tertiary/aromatic N) is 2. The lowest BCUT2D eigenvalue weighted by atomic mass is 9.89. The molecule has 0 saturated carbocycles. The summed E-state index contributed by atoms with van der Waals surface area (Å²) in [6.07, 6.45) is 3.97. The molecular formula is C12H24N2O. The quantitative estimate of drug-likeness (QED) is 0.667. The van der Waals surface area contributed by atoms with Gasteiger partial charge in [0.2, 0.25) is 0 Å². The molecule has 2 aliphatic heterocycles. The Morgan fingerprint density at radius 2 is 1.87 bits per heavy atom. The van der Waals surface area contributed by atoms with Crippen molar-refractivity contribution in [2.24, 2.45) is 11.1 Å². The van der Waals surface area contributed by atoms with Gasteiger partial charge in [-0.25, -0.2) is 0 Å². The van der Waals surface area contributed by atoms with Gasteiger partial charge in [0.15, 0.2) is 0 Å². The van der Waals surface area contributed by atoms with Gasteiger partial charge in [0.25, 0.3) is 0 Å². The second kappa shape index (κ2) is 6.11. The first kappa shape index (κ1) is 12.5. The van der Waals surface area contributed by atoms with Crippen LogP contribution >= 0.6 is 0 Å². The van der Waals surface area contributed by atoms with Gasteiger partial charge >= 0.3 is 0 Å². The molecule has 2 rings (SSSR count). The van der Waals surface area contributed by atoms with Crippen LogP contribution in [0, 0.1) is 5.92 Å². The van der Waals surface area contributed by atoms with Crippen molar-refractivity contribution < 1.29 is 4.84 Å². The SMILES string of the molecule is CC.CC1=NOC(C2CCN(C)CC2)C1. The lowest BCUT2D eigenvalue weighted by Gasteiger charge is -2.31. The van der Waals surface area contributed by atoms with Crippen molar-refractivity contribution in [2.45, 2.75) is 46.1 Å². The predicted molar refractivity (Wildman–Crippen MR) is 64.2 cm³/mol. The highest BCUT2D eigenvalue weighted by Gasteiger charge is 2.30. The molecule has 0 amide bonds. The van der Waals surface area contributed by atoms with Gasteiger partial charge in [-0.3, -0.25) is 0 Å². The van der Waals surface area contributed by atoms with E-state index >= 15 is 0 Å². The van der Waals surface area contributed by atoms with Crippen molar-refractivity contribution in [2.75, 3.05) is 20.1 Å². The number of piperidine rings is 1. The Bertz CT molecular complexity index is 208. The molecule has 0 aliphatic carbocycles. The molecule has 2 aliphatic rings. The van der Waals surface area contributed by atoms with Gasteiger partial charge in [-0.2, -0.15) is 0 Å². The molecular weight excluding hydrogens is 188 g/mol. The molecule has 0 bridgehead atoms. The zero-order valence-corrected chi connectivity index (χ0v) is 10.5. The number of hydrogen-bond acceptors (Lipinski definition) is 3. The number of oxime groups is 1. The van der Waals surface area contributed by atoms with E-state index in [1.807, 2.05) is 13.8 Å².